The molecule has 1 fully saturated rings. The monoisotopic (exact) mass is 222 g/mol. The number of nitrogens with zero attached hydrogens (tertiary/aromatic N) is 1. The third-order valence-electron chi connectivity index (χ3n) is 3.07. The summed E-state index contributed by atoms with van der Waals surface area (Å²) in [5.41, 5.74) is 0.959. The Morgan fingerprint density at radius 2 is 2.06 bits per heavy atom. The van der Waals surface area contributed by atoms with E-state index in [1.165, 1.54) is 19.3 Å². The van der Waals surface area contributed by atoms with Crippen LogP contribution in [0.5, 0.6) is 0 Å². The number of allylic oxidation sites excluding steroid dienone is 2. The molecule has 16 heavy (non-hydrogen) atoms. The van der Waals surface area contributed by atoms with Crippen molar-refractivity contribution < 1.29 is 4.79 Å². The van der Waals surface area contributed by atoms with Crippen LogP contribution in [0.25, 0.3) is 0 Å². The fourth-order valence-corrected chi connectivity index (χ4v) is 2.04. The zero-order valence-corrected chi connectivity index (χ0v) is 10.3. The van der Waals surface area contributed by atoms with E-state index >= 15 is 0 Å². The molecule has 1 N–H and O–H groups in total. The van der Waals surface area contributed by atoms with E-state index in [1.54, 1.807) is 13.3 Å². The molecule has 0 spiro atoms. The predicted molar refractivity (Wildman–Crippen MR) is 67.5 cm³/mol. The van der Waals surface area contributed by atoms with Crippen molar-refractivity contribution >= 4 is 12.1 Å². The van der Waals surface area contributed by atoms with E-state index in [9.17, 15) is 4.79 Å². The number of rotatable bonds is 4. The fraction of sp³-hybridized carbons (Fsp3) is 0.692. The standard InChI is InChI=1S/C13H22N2O/c1-3-12(9-10-14-2)15-13(16)11-7-5-4-6-8-11/h9-11H,3-8H2,1-2H3,(H,15,16)/b12-9+,14-10?. The molecular weight excluding hydrogens is 200 g/mol. The minimum absolute atomic E-state index is 0.192. The van der Waals surface area contributed by atoms with Gasteiger partial charge in [0.15, 0.2) is 0 Å². The zero-order valence-electron chi connectivity index (χ0n) is 10.3. The average molecular weight is 222 g/mol. The maximum atomic E-state index is 11.9. The van der Waals surface area contributed by atoms with E-state index in [0.29, 0.717) is 0 Å². The number of nitrogens with one attached hydrogen (secondary N) is 1. The Bertz CT molecular complexity index is 276. The molecule has 0 unspecified atom stereocenters. The van der Waals surface area contributed by atoms with Crippen molar-refractivity contribution in [3.05, 3.63) is 11.8 Å². The first-order valence-corrected chi connectivity index (χ1v) is 6.20. The van der Waals surface area contributed by atoms with Gasteiger partial charge in [0.25, 0.3) is 0 Å². The van der Waals surface area contributed by atoms with Crippen LogP contribution in [0, 0.1) is 5.92 Å². The Labute approximate surface area is 98.0 Å². The van der Waals surface area contributed by atoms with Gasteiger partial charge in [0.2, 0.25) is 5.91 Å². The smallest absolute Gasteiger partial charge is 0.227 e. The molecule has 1 aliphatic carbocycles. The van der Waals surface area contributed by atoms with Crippen molar-refractivity contribution in [3.8, 4) is 0 Å². The van der Waals surface area contributed by atoms with Gasteiger partial charge in [0.05, 0.1) is 0 Å². The fourth-order valence-electron chi connectivity index (χ4n) is 2.04. The van der Waals surface area contributed by atoms with Crippen LogP contribution < -0.4 is 5.32 Å². The molecule has 0 saturated heterocycles. The molecule has 0 aromatic rings. The van der Waals surface area contributed by atoms with Gasteiger partial charge in [0.1, 0.15) is 0 Å². The van der Waals surface area contributed by atoms with Crippen molar-refractivity contribution in [2.45, 2.75) is 45.4 Å². The van der Waals surface area contributed by atoms with Crippen LogP contribution in [-0.2, 0) is 4.79 Å². The molecule has 0 atom stereocenters. The third kappa shape index (κ3) is 4.17. The number of amides is 1. The lowest BCUT2D eigenvalue weighted by molar-refractivity contribution is -0.125. The van der Waals surface area contributed by atoms with Crippen LogP contribution in [0.3, 0.4) is 0 Å². The maximum absolute atomic E-state index is 11.9. The molecule has 0 aromatic carbocycles. The summed E-state index contributed by atoms with van der Waals surface area (Å²) in [4.78, 5) is 15.8. The van der Waals surface area contributed by atoms with Crippen molar-refractivity contribution in [1.82, 2.24) is 5.32 Å². The molecule has 0 heterocycles. The second kappa shape index (κ2) is 7.20. The molecule has 0 aromatic heterocycles. The van der Waals surface area contributed by atoms with Crippen molar-refractivity contribution in [2.24, 2.45) is 10.9 Å². The highest BCUT2D eigenvalue weighted by Gasteiger charge is 2.20. The molecule has 1 rings (SSSR count). The summed E-state index contributed by atoms with van der Waals surface area (Å²) in [5, 5.41) is 3.00. The Kier molecular flexibility index (Phi) is 5.83. The highest BCUT2D eigenvalue weighted by molar-refractivity contribution is 5.82. The first kappa shape index (κ1) is 12.9. The normalized spacial score (nSPS) is 19.0. The summed E-state index contributed by atoms with van der Waals surface area (Å²) < 4.78 is 0. The van der Waals surface area contributed by atoms with Gasteiger partial charge < -0.3 is 5.32 Å². The van der Waals surface area contributed by atoms with Crippen LogP contribution in [0.15, 0.2) is 16.8 Å². The summed E-state index contributed by atoms with van der Waals surface area (Å²) in [6, 6.07) is 0. The average Bonchev–Trinajstić information content (AvgIpc) is 2.35. The number of carbonyl (C=O) groups is 1. The molecule has 1 saturated carbocycles. The molecule has 90 valence electrons. The lowest BCUT2D eigenvalue weighted by Gasteiger charge is -2.21. The lowest BCUT2D eigenvalue weighted by atomic mass is 9.88. The van der Waals surface area contributed by atoms with E-state index in [2.05, 4.69) is 10.3 Å². The van der Waals surface area contributed by atoms with E-state index in [4.69, 9.17) is 0 Å². The minimum Gasteiger partial charge on any atom is -0.330 e. The number of hydrogen-bond donors (Lipinski definition) is 1. The van der Waals surface area contributed by atoms with Crippen LogP contribution in [0.4, 0.5) is 0 Å². The van der Waals surface area contributed by atoms with Gasteiger partial charge in [-0.2, -0.15) is 0 Å². The second-order valence-electron chi connectivity index (χ2n) is 4.28. The summed E-state index contributed by atoms with van der Waals surface area (Å²) >= 11 is 0. The summed E-state index contributed by atoms with van der Waals surface area (Å²) in [7, 11) is 1.73. The van der Waals surface area contributed by atoms with Gasteiger partial charge in [0, 0.05) is 24.9 Å². The Morgan fingerprint density at radius 3 is 2.62 bits per heavy atom. The Balaban J connectivity index is 2.47. The van der Waals surface area contributed by atoms with Gasteiger partial charge in [-0.1, -0.05) is 26.2 Å². The quantitative estimate of drug-likeness (QED) is 0.730. The third-order valence-corrected chi connectivity index (χ3v) is 3.07. The molecular formula is C13H22N2O. The second-order valence-corrected chi connectivity index (χ2v) is 4.28. The molecule has 0 radical (unpaired) electrons. The van der Waals surface area contributed by atoms with E-state index in [0.717, 1.165) is 25.0 Å². The highest BCUT2D eigenvalue weighted by Crippen LogP contribution is 2.23. The summed E-state index contributed by atoms with van der Waals surface area (Å²) in [6.07, 6.45) is 10.2. The zero-order chi connectivity index (χ0) is 11.8. The topological polar surface area (TPSA) is 41.5 Å². The molecule has 0 bridgehead atoms. The first-order chi connectivity index (χ1) is 7.77. The molecule has 1 aliphatic rings. The number of hydrogen-bond acceptors (Lipinski definition) is 2. The molecule has 3 nitrogen and oxygen atoms in total. The van der Waals surface area contributed by atoms with Crippen molar-refractivity contribution in [2.75, 3.05) is 7.05 Å². The van der Waals surface area contributed by atoms with E-state index < -0.39 is 0 Å². The number of aliphatic imine (C=N–C) groups is 1. The SMILES string of the molecule is CC/C(=C\C=NC)NC(=O)C1CCCCC1. The van der Waals surface area contributed by atoms with Crippen LogP contribution in [-0.4, -0.2) is 19.2 Å². The van der Waals surface area contributed by atoms with Crippen LogP contribution in [0.1, 0.15) is 45.4 Å². The van der Waals surface area contributed by atoms with Gasteiger partial charge >= 0.3 is 0 Å². The van der Waals surface area contributed by atoms with E-state index in [-0.39, 0.29) is 11.8 Å². The minimum atomic E-state index is 0.192. The Morgan fingerprint density at radius 1 is 1.38 bits per heavy atom. The molecule has 1 amide bonds. The molecule has 0 aliphatic heterocycles. The van der Waals surface area contributed by atoms with Gasteiger partial charge in [-0.25, -0.2) is 0 Å². The summed E-state index contributed by atoms with van der Waals surface area (Å²) in [5.74, 6) is 0.416. The van der Waals surface area contributed by atoms with Crippen LogP contribution >= 0.6 is 0 Å². The van der Waals surface area contributed by atoms with Crippen molar-refractivity contribution in [1.29, 1.82) is 0 Å². The lowest BCUT2D eigenvalue weighted by Crippen LogP contribution is -2.31. The number of carbonyl (C=O) groups excluding carboxylic acids is 1. The van der Waals surface area contributed by atoms with Crippen molar-refractivity contribution in [3.63, 3.8) is 0 Å². The highest BCUT2D eigenvalue weighted by atomic mass is 16.1. The maximum Gasteiger partial charge on any atom is 0.227 e. The van der Waals surface area contributed by atoms with Gasteiger partial charge in [-0.15, -0.1) is 0 Å². The van der Waals surface area contributed by atoms with Gasteiger partial charge in [-0.3, -0.25) is 9.79 Å². The largest absolute Gasteiger partial charge is 0.330 e. The Hall–Kier alpha value is -1.12. The predicted octanol–water partition coefficient (Wildman–Crippen LogP) is 2.68. The van der Waals surface area contributed by atoms with E-state index in [1.807, 2.05) is 13.0 Å². The summed E-state index contributed by atoms with van der Waals surface area (Å²) in [6.45, 7) is 2.04. The molecule has 3 heteroatoms. The van der Waals surface area contributed by atoms with Gasteiger partial charge in [-0.05, 0) is 25.3 Å². The van der Waals surface area contributed by atoms with Crippen LogP contribution in [0.2, 0.25) is 0 Å². The first-order valence-electron chi connectivity index (χ1n) is 6.20.